The molecule has 3 aliphatic rings. The zero-order chi connectivity index (χ0) is 23.0. The number of rotatable bonds is 5. The van der Waals surface area contributed by atoms with Crippen LogP contribution in [0.3, 0.4) is 0 Å². The summed E-state index contributed by atoms with van der Waals surface area (Å²) in [5.41, 5.74) is 1.31. The van der Waals surface area contributed by atoms with Gasteiger partial charge in [-0.2, -0.15) is 0 Å². The summed E-state index contributed by atoms with van der Waals surface area (Å²) in [5.74, 6) is 7.31. The maximum absolute atomic E-state index is 10.8. The van der Waals surface area contributed by atoms with Gasteiger partial charge in [-0.25, -0.2) is 0 Å². The van der Waals surface area contributed by atoms with Crippen LogP contribution in [0, 0.1) is 29.6 Å². The molecule has 1 N–H and O–H groups in total. The van der Waals surface area contributed by atoms with Crippen LogP contribution in [0.4, 0.5) is 0 Å². The van der Waals surface area contributed by atoms with Gasteiger partial charge in [-0.05, 0) is 55.3 Å². The van der Waals surface area contributed by atoms with Gasteiger partial charge in [0.15, 0.2) is 14.1 Å². The van der Waals surface area contributed by atoms with Crippen LogP contribution in [0.2, 0.25) is 18.1 Å². The van der Waals surface area contributed by atoms with Crippen molar-refractivity contribution >= 4 is 8.32 Å². The number of ether oxygens (including phenoxy) is 2. The molecular formula is C27H40O4Si. The van der Waals surface area contributed by atoms with Crippen molar-refractivity contribution in [2.45, 2.75) is 89.0 Å². The molecule has 4 nitrogen and oxygen atoms in total. The van der Waals surface area contributed by atoms with E-state index < -0.39 is 14.1 Å². The molecule has 2 aliphatic carbocycles. The van der Waals surface area contributed by atoms with Gasteiger partial charge in [-0.3, -0.25) is 0 Å². The van der Waals surface area contributed by atoms with E-state index in [9.17, 15) is 5.11 Å². The lowest BCUT2D eigenvalue weighted by Gasteiger charge is -2.56. The third-order valence-corrected chi connectivity index (χ3v) is 12.7. The Hall–Kier alpha value is -1.16. The lowest BCUT2D eigenvalue weighted by molar-refractivity contribution is -0.296. The third-order valence-electron chi connectivity index (χ3n) is 8.22. The van der Waals surface area contributed by atoms with Gasteiger partial charge in [0.1, 0.15) is 6.10 Å². The Morgan fingerprint density at radius 1 is 1.16 bits per heavy atom. The molecule has 0 aromatic heterocycles. The Labute approximate surface area is 195 Å². The highest BCUT2D eigenvalue weighted by Gasteiger charge is 2.62. The SMILES string of the molecule is CC(C)(C)[Si](C)(C)O[C@H](C#C[C@@H]1[C@H]2CC3(OCCO3)[C@H]2CC[C@H]1O)CCc1ccccc1. The first-order valence-electron chi connectivity index (χ1n) is 12.3. The lowest BCUT2D eigenvalue weighted by Crippen LogP contribution is -2.60. The van der Waals surface area contributed by atoms with E-state index in [0.29, 0.717) is 25.0 Å². The van der Waals surface area contributed by atoms with Crippen LogP contribution in [0.1, 0.15) is 52.0 Å². The monoisotopic (exact) mass is 456 g/mol. The first-order valence-corrected chi connectivity index (χ1v) is 15.2. The number of aliphatic hydroxyl groups excluding tert-OH is 1. The predicted octanol–water partition coefficient (Wildman–Crippen LogP) is 5.16. The largest absolute Gasteiger partial charge is 0.403 e. The van der Waals surface area contributed by atoms with Gasteiger partial charge in [0, 0.05) is 18.3 Å². The smallest absolute Gasteiger partial charge is 0.193 e. The van der Waals surface area contributed by atoms with Gasteiger partial charge in [0.25, 0.3) is 0 Å². The van der Waals surface area contributed by atoms with Gasteiger partial charge >= 0.3 is 0 Å². The van der Waals surface area contributed by atoms with E-state index >= 15 is 0 Å². The van der Waals surface area contributed by atoms with Crippen LogP contribution >= 0.6 is 0 Å². The zero-order valence-electron chi connectivity index (χ0n) is 20.4. The fourth-order valence-electron chi connectivity index (χ4n) is 5.24. The first kappa shape index (κ1) is 24.0. The number of fused-ring (bicyclic) bond motifs is 2. The fourth-order valence-corrected chi connectivity index (χ4v) is 6.49. The van der Waals surface area contributed by atoms with Gasteiger partial charge in [-0.1, -0.05) is 62.9 Å². The minimum Gasteiger partial charge on any atom is -0.403 e. The van der Waals surface area contributed by atoms with E-state index in [2.05, 4.69) is 76.0 Å². The van der Waals surface area contributed by atoms with Crippen LogP contribution in [-0.4, -0.2) is 44.6 Å². The second kappa shape index (κ2) is 9.23. The first-order chi connectivity index (χ1) is 15.1. The summed E-state index contributed by atoms with van der Waals surface area (Å²) in [7, 11) is -1.96. The summed E-state index contributed by atoms with van der Waals surface area (Å²) < 4.78 is 18.7. The minimum atomic E-state index is -1.96. The lowest BCUT2D eigenvalue weighted by atomic mass is 9.56. The molecule has 176 valence electrons. The molecule has 0 amide bonds. The average molecular weight is 457 g/mol. The number of hydrogen-bond acceptors (Lipinski definition) is 4. The van der Waals surface area contributed by atoms with Crippen molar-refractivity contribution in [2.24, 2.45) is 17.8 Å². The van der Waals surface area contributed by atoms with Gasteiger partial charge < -0.3 is 19.0 Å². The predicted molar refractivity (Wildman–Crippen MR) is 130 cm³/mol. The zero-order valence-corrected chi connectivity index (χ0v) is 21.4. The highest BCUT2D eigenvalue weighted by Crippen LogP contribution is 2.57. The molecule has 1 aromatic rings. The van der Waals surface area contributed by atoms with Crippen molar-refractivity contribution < 1.29 is 19.0 Å². The fraction of sp³-hybridized carbons (Fsp3) is 0.704. The number of benzene rings is 1. The molecular weight excluding hydrogens is 416 g/mol. The highest BCUT2D eigenvalue weighted by atomic mass is 28.4. The number of aliphatic hydroxyl groups is 1. The quantitative estimate of drug-likeness (QED) is 0.491. The molecule has 1 aliphatic heterocycles. The maximum Gasteiger partial charge on any atom is 0.193 e. The topological polar surface area (TPSA) is 47.9 Å². The summed E-state index contributed by atoms with van der Waals surface area (Å²) >= 11 is 0. The van der Waals surface area contributed by atoms with Crippen LogP contribution in [0.5, 0.6) is 0 Å². The van der Waals surface area contributed by atoms with Crippen molar-refractivity contribution in [1.29, 1.82) is 0 Å². The van der Waals surface area contributed by atoms with E-state index in [0.717, 1.165) is 32.1 Å². The number of hydrogen-bond donors (Lipinski definition) is 1. The maximum atomic E-state index is 10.8. The molecule has 0 bridgehead atoms. The van der Waals surface area contributed by atoms with Crippen LogP contribution in [0.25, 0.3) is 0 Å². The minimum absolute atomic E-state index is 0.0191. The third kappa shape index (κ3) is 4.86. The van der Waals surface area contributed by atoms with E-state index in [4.69, 9.17) is 13.9 Å². The normalized spacial score (nSPS) is 30.2. The summed E-state index contributed by atoms with van der Waals surface area (Å²) in [6.07, 6.45) is 3.91. The molecule has 1 heterocycles. The van der Waals surface area contributed by atoms with Crippen LogP contribution in [-0.2, 0) is 20.3 Å². The molecule has 32 heavy (non-hydrogen) atoms. The van der Waals surface area contributed by atoms with Crippen molar-refractivity contribution in [1.82, 2.24) is 0 Å². The van der Waals surface area contributed by atoms with Gasteiger partial charge in [0.05, 0.1) is 19.3 Å². The van der Waals surface area contributed by atoms with E-state index in [1.165, 1.54) is 5.56 Å². The van der Waals surface area contributed by atoms with Gasteiger partial charge in [-0.15, -0.1) is 0 Å². The molecule has 1 spiro atoms. The van der Waals surface area contributed by atoms with Crippen LogP contribution < -0.4 is 0 Å². The Kier molecular flexibility index (Phi) is 6.92. The molecule has 0 radical (unpaired) electrons. The van der Waals surface area contributed by atoms with Crippen molar-refractivity contribution in [3.63, 3.8) is 0 Å². The average Bonchev–Trinajstić information content (AvgIpc) is 3.22. The summed E-state index contributed by atoms with van der Waals surface area (Å²) in [6, 6.07) is 10.6. The molecule has 1 aromatic carbocycles. The molecule has 2 saturated carbocycles. The molecule has 0 unspecified atom stereocenters. The highest BCUT2D eigenvalue weighted by molar-refractivity contribution is 6.74. The standard InChI is InChI=1S/C27H40O4Si/c1-26(2,3)32(4,5)31-21(12-11-20-9-7-6-8-10-20)13-14-22-23-19-27(29-17-18-30-27)24(23)15-16-25(22)28/h6-10,21-25,28H,11-12,15-19H2,1-5H3/t21-,22+,23+,24-,25+/m0/s1. The second-order valence-corrected chi connectivity index (χ2v) is 16.1. The van der Waals surface area contributed by atoms with Crippen molar-refractivity contribution in [3.05, 3.63) is 35.9 Å². The van der Waals surface area contributed by atoms with E-state index in [-0.39, 0.29) is 23.2 Å². The summed E-state index contributed by atoms with van der Waals surface area (Å²) in [6.45, 7) is 12.8. The molecule has 4 rings (SSSR count). The summed E-state index contributed by atoms with van der Waals surface area (Å²) in [5, 5.41) is 10.9. The number of aryl methyl sites for hydroxylation is 1. The Bertz CT molecular complexity index is 829. The summed E-state index contributed by atoms with van der Waals surface area (Å²) in [4.78, 5) is 0. The Morgan fingerprint density at radius 3 is 2.50 bits per heavy atom. The van der Waals surface area contributed by atoms with E-state index in [1.54, 1.807) is 0 Å². The van der Waals surface area contributed by atoms with Crippen LogP contribution in [0.15, 0.2) is 30.3 Å². The second-order valence-electron chi connectivity index (χ2n) is 11.3. The van der Waals surface area contributed by atoms with E-state index in [1.807, 2.05) is 0 Å². The molecule has 3 fully saturated rings. The molecule has 5 atom stereocenters. The molecule has 1 saturated heterocycles. The van der Waals surface area contributed by atoms with Crippen molar-refractivity contribution in [2.75, 3.05) is 13.2 Å². The Morgan fingerprint density at radius 2 is 1.84 bits per heavy atom. The van der Waals surface area contributed by atoms with Gasteiger partial charge in [0.2, 0.25) is 0 Å². The van der Waals surface area contributed by atoms with Crippen molar-refractivity contribution in [3.8, 4) is 11.8 Å². The Balaban J connectivity index is 1.49. The molecule has 5 heteroatoms.